The molecule has 0 radical (unpaired) electrons. The quantitative estimate of drug-likeness (QED) is 0.264. The monoisotopic (exact) mass is 472 g/mol. The second kappa shape index (κ2) is 10.2. The Balaban J connectivity index is 1.60. The van der Waals surface area contributed by atoms with Crippen molar-refractivity contribution in [3.8, 4) is 11.1 Å². The fourth-order valence-corrected chi connectivity index (χ4v) is 3.67. The topological polar surface area (TPSA) is 137 Å². The van der Waals surface area contributed by atoms with E-state index in [0.717, 1.165) is 27.9 Å². The third kappa shape index (κ3) is 5.06. The molecule has 10 nitrogen and oxygen atoms in total. The lowest BCUT2D eigenvalue weighted by Crippen LogP contribution is -2.19. The van der Waals surface area contributed by atoms with Crippen LogP contribution < -0.4 is 21.3 Å². The highest BCUT2D eigenvalue weighted by Crippen LogP contribution is 2.28. The Kier molecular flexibility index (Phi) is 6.91. The molecular formula is C25H28N8O2. The lowest BCUT2D eigenvalue weighted by atomic mass is 10.1. The summed E-state index contributed by atoms with van der Waals surface area (Å²) < 4.78 is 0. The first-order chi connectivity index (χ1) is 16.9. The average molecular weight is 473 g/mol. The molecule has 35 heavy (non-hydrogen) atoms. The van der Waals surface area contributed by atoms with Gasteiger partial charge < -0.3 is 21.3 Å². The molecule has 180 valence electrons. The smallest absolute Gasteiger partial charge is 0.253 e. The van der Waals surface area contributed by atoms with Crippen LogP contribution in [0.25, 0.3) is 22.2 Å². The van der Waals surface area contributed by atoms with Crippen LogP contribution in [0.1, 0.15) is 29.9 Å². The summed E-state index contributed by atoms with van der Waals surface area (Å²) in [6.45, 7) is 4.12. The number of fused-ring (bicyclic) bond motifs is 1. The fourth-order valence-electron chi connectivity index (χ4n) is 3.67. The van der Waals surface area contributed by atoms with Crippen LogP contribution in [0.3, 0.4) is 0 Å². The summed E-state index contributed by atoms with van der Waals surface area (Å²) in [7, 11) is 3.38. The van der Waals surface area contributed by atoms with Gasteiger partial charge in [0.25, 0.3) is 5.91 Å². The molecule has 3 aromatic heterocycles. The molecule has 0 saturated heterocycles. The summed E-state index contributed by atoms with van der Waals surface area (Å²) >= 11 is 0. The highest BCUT2D eigenvalue weighted by molar-refractivity contribution is 6.02. The van der Waals surface area contributed by atoms with E-state index < -0.39 is 0 Å². The standard InChI is InChI=1S/C25H28N8O2/c1-14(2)24(34)31-17-8-15(10-28-12-17)16-9-19-21(32-33-23(19)30-11-16)13-29-20-7-5-6-18(22(20)26-3)25(35)27-4/h5-12,14,26,29H,13H2,1-4H3,(H,27,35)(H,31,34)(H,30,32,33). The van der Waals surface area contributed by atoms with Crippen molar-refractivity contribution in [2.45, 2.75) is 20.4 Å². The van der Waals surface area contributed by atoms with Crippen LogP contribution in [0.15, 0.2) is 48.9 Å². The van der Waals surface area contributed by atoms with Crippen LogP contribution in [0, 0.1) is 5.92 Å². The number of aromatic nitrogens is 4. The Morgan fingerprint density at radius 3 is 2.60 bits per heavy atom. The zero-order valence-electron chi connectivity index (χ0n) is 20.1. The number of nitrogens with one attached hydrogen (secondary N) is 5. The normalized spacial score (nSPS) is 10.9. The Labute approximate surface area is 203 Å². The van der Waals surface area contributed by atoms with Crippen LogP contribution >= 0.6 is 0 Å². The maximum atomic E-state index is 12.2. The summed E-state index contributed by atoms with van der Waals surface area (Å²) in [5, 5.41) is 20.2. The number of amides is 2. The lowest BCUT2D eigenvalue weighted by Gasteiger charge is -2.15. The first-order valence-corrected chi connectivity index (χ1v) is 11.3. The van der Waals surface area contributed by atoms with Gasteiger partial charge in [-0.2, -0.15) is 5.10 Å². The van der Waals surface area contributed by atoms with Crippen molar-refractivity contribution in [3.05, 3.63) is 60.2 Å². The predicted octanol–water partition coefficient (Wildman–Crippen LogP) is 3.63. The summed E-state index contributed by atoms with van der Waals surface area (Å²) in [4.78, 5) is 33.0. The van der Waals surface area contributed by atoms with Crippen molar-refractivity contribution < 1.29 is 9.59 Å². The number of benzene rings is 1. The SMILES string of the molecule is CNC(=O)c1cccc(NCc2[nH]nc3ncc(-c4cncc(NC(=O)C(C)C)c4)cc23)c1NC. The second-order valence-corrected chi connectivity index (χ2v) is 8.31. The number of pyridine rings is 2. The van der Waals surface area contributed by atoms with E-state index in [-0.39, 0.29) is 17.7 Å². The van der Waals surface area contributed by atoms with Gasteiger partial charge in [-0.1, -0.05) is 19.9 Å². The minimum Gasteiger partial charge on any atom is -0.386 e. The molecule has 4 aromatic rings. The van der Waals surface area contributed by atoms with Crippen molar-refractivity contribution in [3.63, 3.8) is 0 Å². The molecule has 0 unspecified atom stereocenters. The van der Waals surface area contributed by atoms with Crippen LogP contribution in [0.2, 0.25) is 0 Å². The first-order valence-electron chi connectivity index (χ1n) is 11.3. The number of carbonyl (C=O) groups excluding carboxylic acids is 2. The van der Waals surface area contributed by atoms with E-state index in [1.54, 1.807) is 38.8 Å². The van der Waals surface area contributed by atoms with Gasteiger partial charge in [0.1, 0.15) is 0 Å². The molecule has 0 bridgehead atoms. The zero-order valence-corrected chi connectivity index (χ0v) is 20.1. The molecule has 0 aliphatic heterocycles. The van der Waals surface area contributed by atoms with E-state index in [2.05, 4.69) is 41.4 Å². The molecule has 0 fully saturated rings. The summed E-state index contributed by atoms with van der Waals surface area (Å²) in [6.07, 6.45) is 5.09. The first kappa shape index (κ1) is 23.7. The third-order valence-corrected chi connectivity index (χ3v) is 5.59. The summed E-state index contributed by atoms with van der Waals surface area (Å²) in [6, 6.07) is 9.37. The minimum atomic E-state index is -0.167. The molecular weight excluding hydrogens is 444 g/mol. The number of hydrogen-bond donors (Lipinski definition) is 5. The van der Waals surface area contributed by atoms with E-state index in [9.17, 15) is 9.59 Å². The zero-order chi connectivity index (χ0) is 24.9. The van der Waals surface area contributed by atoms with Crippen LogP contribution in [-0.4, -0.2) is 46.1 Å². The Morgan fingerprint density at radius 2 is 1.86 bits per heavy atom. The molecule has 0 aliphatic carbocycles. The van der Waals surface area contributed by atoms with Gasteiger partial charge in [0.05, 0.1) is 41.1 Å². The van der Waals surface area contributed by atoms with Crippen molar-refractivity contribution in [2.75, 3.05) is 30.0 Å². The van der Waals surface area contributed by atoms with Crippen LogP contribution in [-0.2, 0) is 11.3 Å². The number of aromatic amines is 1. The molecule has 3 heterocycles. The summed E-state index contributed by atoms with van der Waals surface area (Å²) in [5.41, 5.74) is 5.80. The molecule has 0 spiro atoms. The lowest BCUT2D eigenvalue weighted by molar-refractivity contribution is -0.118. The van der Waals surface area contributed by atoms with E-state index in [1.807, 2.05) is 38.1 Å². The van der Waals surface area contributed by atoms with Crippen molar-refractivity contribution in [1.29, 1.82) is 0 Å². The highest BCUT2D eigenvalue weighted by atomic mass is 16.2. The molecule has 1 aromatic carbocycles. The van der Waals surface area contributed by atoms with E-state index in [0.29, 0.717) is 29.1 Å². The Morgan fingerprint density at radius 1 is 1.06 bits per heavy atom. The van der Waals surface area contributed by atoms with E-state index >= 15 is 0 Å². The van der Waals surface area contributed by atoms with Crippen LogP contribution in [0.4, 0.5) is 17.1 Å². The maximum Gasteiger partial charge on any atom is 0.253 e. The highest BCUT2D eigenvalue weighted by Gasteiger charge is 2.15. The molecule has 2 amide bonds. The van der Waals surface area contributed by atoms with Gasteiger partial charge >= 0.3 is 0 Å². The number of carbonyl (C=O) groups is 2. The number of H-pyrrole nitrogens is 1. The van der Waals surface area contributed by atoms with Crippen LogP contribution in [0.5, 0.6) is 0 Å². The minimum absolute atomic E-state index is 0.0675. The fraction of sp³-hybridized carbons (Fsp3) is 0.240. The Hall–Kier alpha value is -4.47. The number of para-hydroxylation sites is 1. The maximum absolute atomic E-state index is 12.2. The second-order valence-electron chi connectivity index (χ2n) is 8.31. The van der Waals surface area contributed by atoms with E-state index in [4.69, 9.17) is 0 Å². The van der Waals surface area contributed by atoms with Crippen molar-refractivity contribution in [2.24, 2.45) is 5.92 Å². The van der Waals surface area contributed by atoms with E-state index in [1.165, 1.54) is 0 Å². The molecule has 0 aliphatic rings. The van der Waals surface area contributed by atoms with Crippen molar-refractivity contribution >= 4 is 39.9 Å². The molecule has 0 saturated carbocycles. The molecule has 10 heteroatoms. The number of rotatable bonds is 8. The number of anilines is 3. The van der Waals surface area contributed by atoms with Gasteiger partial charge in [0.15, 0.2) is 5.65 Å². The number of hydrogen-bond acceptors (Lipinski definition) is 7. The van der Waals surface area contributed by atoms with Gasteiger partial charge in [-0.25, -0.2) is 4.98 Å². The van der Waals surface area contributed by atoms with Gasteiger partial charge in [0, 0.05) is 48.9 Å². The average Bonchev–Trinajstić information content (AvgIpc) is 3.28. The summed E-state index contributed by atoms with van der Waals surface area (Å²) in [5.74, 6) is -0.362. The van der Waals surface area contributed by atoms with Gasteiger partial charge in [-0.15, -0.1) is 0 Å². The van der Waals surface area contributed by atoms with Gasteiger partial charge in [-0.3, -0.25) is 19.7 Å². The molecule has 0 atom stereocenters. The molecule has 5 N–H and O–H groups in total. The Bertz CT molecular complexity index is 1380. The largest absolute Gasteiger partial charge is 0.386 e. The van der Waals surface area contributed by atoms with Gasteiger partial charge in [-0.05, 0) is 24.3 Å². The van der Waals surface area contributed by atoms with Crippen molar-refractivity contribution in [1.82, 2.24) is 25.5 Å². The third-order valence-electron chi connectivity index (χ3n) is 5.59. The molecule has 4 rings (SSSR count). The van der Waals surface area contributed by atoms with Gasteiger partial charge in [0.2, 0.25) is 5.91 Å². The predicted molar refractivity (Wildman–Crippen MR) is 137 cm³/mol. The number of nitrogens with zero attached hydrogens (tertiary/aromatic N) is 3.